The quantitative estimate of drug-likeness (QED) is 0.664. The zero-order valence-corrected chi connectivity index (χ0v) is 14.5. The van der Waals surface area contributed by atoms with E-state index < -0.39 is 10.0 Å². The Morgan fingerprint density at radius 2 is 2.00 bits per heavy atom. The molecule has 0 aliphatic heterocycles. The minimum Gasteiger partial charge on any atom is -0.389 e. The van der Waals surface area contributed by atoms with Gasteiger partial charge in [0.25, 0.3) is 0 Å². The van der Waals surface area contributed by atoms with Gasteiger partial charge in [-0.05, 0) is 32.9 Å². The van der Waals surface area contributed by atoms with E-state index in [1.807, 2.05) is 20.8 Å². The first-order chi connectivity index (χ1) is 9.51. The molecule has 0 radical (unpaired) electrons. The third kappa shape index (κ3) is 6.08. The first-order valence-corrected chi connectivity index (χ1v) is 8.92. The van der Waals surface area contributed by atoms with Gasteiger partial charge in [0.05, 0.1) is 4.88 Å². The molecule has 0 atom stereocenters. The maximum atomic E-state index is 12.0. The summed E-state index contributed by atoms with van der Waals surface area (Å²) in [5.74, 6) is -0.208. The minimum atomic E-state index is -3.64. The standard InChI is InChI=1S/C12H19N3O3S3/c1-12(2,3)15-9(16)6-7-14-21(17,18)10-5-4-8(20-10)11(13)19/h4-5,14H,6-7H2,1-3H3,(H2,13,19)(H,15,16). The molecule has 0 fully saturated rings. The first kappa shape index (κ1) is 18.0. The second kappa shape index (κ2) is 6.82. The Hall–Kier alpha value is -1.03. The van der Waals surface area contributed by atoms with Crippen molar-refractivity contribution < 1.29 is 13.2 Å². The first-order valence-electron chi connectivity index (χ1n) is 6.21. The average molecular weight is 350 g/mol. The normalized spacial score (nSPS) is 12.1. The SMILES string of the molecule is CC(C)(C)NC(=O)CCNS(=O)(=O)c1ccc(C(N)=S)s1. The molecule has 21 heavy (non-hydrogen) atoms. The predicted molar refractivity (Wildman–Crippen MR) is 87.9 cm³/mol. The molecule has 9 heteroatoms. The van der Waals surface area contributed by atoms with Gasteiger partial charge in [0.2, 0.25) is 15.9 Å². The number of carbonyl (C=O) groups excluding carboxylic acids is 1. The number of nitrogens with one attached hydrogen (secondary N) is 2. The van der Waals surface area contributed by atoms with Crippen molar-refractivity contribution in [3.05, 3.63) is 17.0 Å². The van der Waals surface area contributed by atoms with Crippen LogP contribution in [0.3, 0.4) is 0 Å². The molecule has 0 aliphatic carbocycles. The third-order valence-electron chi connectivity index (χ3n) is 2.25. The molecule has 1 heterocycles. The fourth-order valence-electron chi connectivity index (χ4n) is 1.45. The highest BCUT2D eigenvalue weighted by Gasteiger charge is 2.18. The average Bonchev–Trinajstić information content (AvgIpc) is 2.75. The number of sulfonamides is 1. The van der Waals surface area contributed by atoms with Crippen LogP contribution >= 0.6 is 23.6 Å². The number of rotatable bonds is 6. The summed E-state index contributed by atoms with van der Waals surface area (Å²) in [7, 11) is -3.64. The number of nitrogens with two attached hydrogens (primary N) is 1. The molecule has 0 saturated carbocycles. The molecule has 0 aliphatic rings. The molecule has 0 bridgehead atoms. The smallest absolute Gasteiger partial charge is 0.250 e. The van der Waals surface area contributed by atoms with E-state index >= 15 is 0 Å². The number of carbonyl (C=O) groups is 1. The third-order valence-corrected chi connectivity index (χ3v) is 5.67. The Kier molecular flexibility index (Phi) is 5.85. The van der Waals surface area contributed by atoms with E-state index in [0.29, 0.717) is 4.88 Å². The van der Waals surface area contributed by atoms with E-state index in [1.165, 1.54) is 6.07 Å². The molecule has 1 aromatic rings. The maximum Gasteiger partial charge on any atom is 0.250 e. The molecule has 1 rings (SSSR count). The van der Waals surface area contributed by atoms with Crippen LogP contribution in [0, 0.1) is 0 Å². The van der Waals surface area contributed by atoms with Gasteiger partial charge in [-0.2, -0.15) is 0 Å². The maximum absolute atomic E-state index is 12.0. The summed E-state index contributed by atoms with van der Waals surface area (Å²) in [6.07, 6.45) is 0.0734. The summed E-state index contributed by atoms with van der Waals surface area (Å²) in [6, 6.07) is 3.00. The lowest BCUT2D eigenvalue weighted by Crippen LogP contribution is -2.41. The van der Waals surface area contributed by atoms with Gasteiger partial charge in [0, 0.05) is 18.5 Å². The van der Waals surface area contributed by atoms with Gasteiger partial charge in [-0.3, -0.25) is 4.79 Å². The number of thiocarbonyl (C=S) groups is 1. The Bertz CT molecular complexity index is 630. The lowest BCUT2D eigenvalue weighted by Gasteiger charge is -2.20. The van der Waals surface area contributed by atoms with Crippen molar-refractivity contribution in [3.63, 3.8) is 0 Å². The fraction of sp³-hybridized carbons (Fsp3) is 0.500. The Balaban J connectivity index is 2.57. The summed E-state index contributed by atoms with van der Waals surface area (Å²) < 4.78 is 26.5. The van der Waals surface area contributed by atoms with Gasteiger partial charge in [0.1, 0.15) is 9.20 Å². The lowest BCUT2D eigenvalue weighted by atomic mass is 10.1. The second-order valence-electron chi connectivity index (χ2n) is 5.43. The van der Waals surface area contributed by atoms with Crippen LogP contribution in [-0.4, -0.2) is 31.4 Å². The van der Waals surface area contributed by atoms with Crippen molar-refractivity contribution >= 4 is 44.5 Å². The number of hydrogen-bond donors (Lipinski definition) is 3. The van der Waals surface area contributed by atoms with E-state index in [9.17, 15) is 13.2 Å². The van der Waals surface area contributed by atoms with E-state index in [-0.39, 0.29) is 33.6 Å². The molecular formula is C12H19N3O3S3. The van der Waals surface area contributed by atoms with Gasteiger partial charge < -0.3 is 11.1 Å². The summed E-state index contributed by atoms with van der Waals surface area (Å²) in [5, 5.41) is 2.76. The van der Waals surface area contributed by atoms with Crippen molar-refractivity contribution in [1.82, 2.24) is 10.0 Å². The zero-order chi connectivity index (χ0) is 16.3. The molecule has 0 spiro atoms. The summed E-state index contributed by atoms with van der Waals surface area (Å²) >= 11 is 5.79. The predicted octanol–water partition coefficient (Wildman–Crippen LogP) is 0.965. The molecule has 4 N–H and O–H groups in total. The van der Waals surface area contributed by atoms with E-state index in [4.69, 9.17) is 18.0 Å². The van der Waals surface area contributed by atoms with Crippen LogP contribution in [0.5, 0.6) is 0 Å². The topological polar surface area (TPSA) is 101 Å². The summed E-state index contributed by atoms with van der Waals surface area (Å²) in [5.41, 5.74) is 5.10. The van der Waals surface area contributed by atoms with Crippen LogP contribution in [0.1, 0.15) is 32.1 Å². The van der Waals surface area contributed by atoms with Gasteiger partial charge in [-0.15, -0.1) is 11.3 Å². The van der Waals surface area contributed by atoms with Gasteiger partial charge in [-0.25, -0.2) is 13.1 Å². The lowest BCUT2D eigenvalue weighted by molar-refractivity contribution is -0.122. The van der Waals surface area contributed by atoms with Crippen molar-refractivity contribution in [3.8, 4) is 0 Å². The van der Waals surface area contributed by atoms with Crippen molar-refractivity contribution in [2.24, 2.45) is 5.73 Å². The summed E-state index contributed by atoms with van der Waals surface area (Å²) in [4.78, 5) is 12.3. The van der Waals surface area contributed by atoms with Gasteiger partial charge in [-0.1, -0.05) is 12.2 Å². The van der Waals surface area contributed by atoms with Crippen LogP contribution in [0.4, 0.5) is 0 Å². The summed E-state index contributed by atoms with van der Waals surface area (Å²) in [6.45, 7) is 5.61. The van der Waals surface area contributed by atoms with E-state index in [0.717, 1.165) is 11.3 Å². The van der Waals surface area contributed by atoms with Crippen molar-refractivity contribution in [1.29, 1.82) is 0 Å². The molecule has 0 saturated heterocycles. The monoisotopic (exact) mass is 349 g/mol. The Morgan fingerprint density at radius 1 is 1.38 bits per heavy atom. The molecule has 6 nitrogen and oxygen atoms in total. The molecule has 118 valence electrons. The number of amides is 1. The van der Waals surface area contributed by atoms with E-state index in [2.05, 4.69) is 10.0 Å². The van der Waals surface area contributed by atoms with Crippen LogP contribution in [0.25, 0.3) is 0 Å². The molecule has 1 aromatic heterocycles. The van der Waals surface area contributed by atoms with Crippen LogP contribution in [0.2, 0.25) is 0 Å². The fourth-order valence-corrected chi connectivity index (χ4v) is 3.88. The Labute approximate surface area is 134 Å². The zero-order valence-electron chi connectivity index (χ0n) is 12.1. The highest BCUT2D eigenvalue weighted by Crippen LogP contribution is 2.21. The molecule has 0 unspecified atom stereocenters. The van der Waals surface area contributed by atoms with Crippen LogP contribution in [-0.2, 0) is 14.8 Å². The van der Waals surface area contributed by atoms with E-state index in [1.54, 1.807) is 6.07 Å². The second-order valence-corrected chi connectivity index (χ2v) is 8.95. The van der Waals surface area contributed by atoms with Crippen molar-refractivity contribution in [2.75, 3.05) is 6.54 Å². The van der Waals surface area contributed by atoms with Crippen molar-refractivity contribution in [2.45, 2.75) is 36.9 Å². The Morgan fingerprint density at radius 3 is 2.48 bits per heavy atom. The highest BCUT2D eigenvalue weighted by molar-refractivity contribution is 7.91. The van der Waals surface area contributed by atoms with Gasteiger partial charge in [0.15, 0.2) is 0 Å². The van der Waals surface area contributed by atoms with Gasteiger partial charge >= 0.3 is 0 Å². The molecule has 1 amide bonds. The number of hydrogen-bond acceptors (Lipinski definition) is 5. The largest absolute Gasteiger partial charge is 0.389 e. The number of thiophene rings is 1. The highest BCUT2D eigenvalue weighted by atomic mass is 32.2. The molecular weight excluding hydrogens is 330 g/mol. The van der Waals surface area contributed by atoms with Crippen LogP contribution in [0.15, 0.2) is 16.3 Å². The van der Waals surface area contributed by atoms with Crippen LogP contribution < -0.4 is 15.8 Å². The molecule has 0 aromatic carbocycles. The minimum absolute atomic E-state index is 0.0323.